The minimum atomic E-state index is -0.684. The van der Waals surface area contributed by atoms with E-state index >= 15 is 0 Å². The van der Waals surface area contributed by atoms with E-state index in [0.717, 1.165) is 83.5 Å². The number of hydrogen-bond acceptors (Lipinski definition) is 8. The van der Waals surface area contributed by atoms with Gasteiger partial charge < -0.3 is 29.7 Å². The Balaban J connectivity index is 0. The summed E-state index contributed by atoms with van der Waals surface area (Å²) in [5.41, 5.74) is 0. The molecule has 0 aromatic heterocycles. The van der Waals surface area contributed by atoms with E-state index in [4.69, 9.17) is 29.2 Å². The lowest BCUT2D eigenvalue weighted by Gasteiger charge is -2.11. The first kappa shape index (κ1) is 50.7. The van der Waals surface area contributed by atoms with E-state index in [2.05, 4.69) is 5.32 Å². The highest BCUT2D eigenvalue weighted by Gasteiger charge is 2.13. The summed E-state index contributed by atoms with van der Waals surface area (Å²) < 4.78 is 15.8. The number of methoxy groups -OCH3 is 1. The van der Waals surface area contributed by atoms with Gasteiger partial charge in [-0.15, -0.1) is 0 Å². The van der Waals surface area contributed by atoms with Gasteiger partial charge in [0.05, 0.1) is 13.2 Å². The number of carboxylic acids is 1. The number of nitrogens with one attached hydrogen (secondary N) is 1. The Kier molecular flexibility index (Phi) is 41.8. The molecule has 1 amide bonds. The van der Waals surface area contributed by atoms with Crippen molar-refractivity contribution < 1.29 is 48.4 Å². The zero-order valence-corrected chi connectivity index (χ0v) is 32.4. The van der Waals surface area contributed by atoms with Crippen LogP contribution in [0.1, 0.15) is 174 Å². The van der Waals surface area contributed by atoms with Gasteiger partial charge in [-0.05, 0) is 57.8 Å². The summed E-state index contributed by atoms with van der Waals surface area (Å²) in [6.45, 7) is 5.10. The smallest absolute Gasteiger partial charge is 0.303 e. The van der Waals surface area contributed by atoms with Crippen molar-refractivity contribution in [2.24, 2.45) is 5.92 Å². The Morgan fingerprint density at radius 2 is 1.06 bits per heavy atom. The lowest BCUT2D eigenvalue weighted by molar-refractivity contribution is -0.137. The third kappa shape index (κ3) is 43.7. The van der Waals surface area contributed by atoms with Crippen molar-refractivity contribution in [3.05, 3.63) is 0 Å². The molecule has 0 aromatic rings. The number of amides is 1. The van der Waals surface area contributed by atoms with Crippen LogP contribution in [-0.2, 0) is 38.2 Å². The topological polar surface area (TPSA) is 166 Å². The number of carbonyl (C=O) groups is 5. The molecule has 0 spiro atoms. The lowest BCUT2D eigenvalue weighted by Crippen LogP contribution is -2.24. The minimum Gasteiger partial charge on any atom is -0.483 e. The molecule has 0 aliphatic carbocycles. The van der Waals surface area contributed by atoms with Crippen molar-refractivity contribution in [1.29, 1.82) is 0 Å². The van der Waals surface area contributed by atoms with Crippen LogP contribution in [0.3, 0.4) is 0 Å². The van der Waals surface area contributed by atoms with E-state index in [-0.39, 0.29) is 30.7 Å². The van der Waals surface area contributed by atoms with E-state index in [0.29, 0.717) is 64.4 Å². The predicted octanol–water partition coefficient (Wildman–Crippen LogP) is 8.48. The van der Waals surface area contributed by atoms with Gasteiger partial charge in [-0.1, -0.05) is 90.4 Å². The highest BCUT2D eigenvalue weighted by Crippen LogP contribution is 2.16. The Morgan fingerprint density at radius 1 is 0.588 bits per heavy atom. The van der Waals surface area contributed by atoms with Gasteiger partial charge in [-0.25, -0.2) is 0 Å². The van der Waals surface area contributed by atoms with Gasteiger partial charge >= 0.3 is 5.97 Å². The number of aliphatic carboxylic acids is 1. The first-order chi connectivity index (χ1) is 24.8. The van der Waals surface area contributed by atoms with Gasteiger partial charge in [0.15, 0.2) is 5.78 Å². The fourth-order valence-corrected chi connectivity index (χ4v) is 5.70. The fourth-order valence-electron chi connectivity index (χ4n) is 5.70. The summed E-state index contributed by atoms with van der Waals surface area (Å²) >= 11 is 0. The second-order valence-electron chi connectivity index (χ2n) is 13.6. The van der Waals surface area contributed by atoms with Gasteiger partial charge in [0.1, 0.15) is 12.4 Å². The van der Waals surface area contributed by atoms with Gasteiger partial charge in [-0.2, -0.15) is 0 Å². The molecular formula is C40H75NO10. The molecule has 1 atom stereocenters. The van der Waals surface area contributed by atoms with E-state index in [9.17, 15) is 19.2 Å². The maximum atomic E-state index is 12.5. The molecule has 0 aromatic carbocycles. The third-order valence-electron chi connectivity index (χ3n) is 8.88. The van der Waals surface area contributed by atoms with Gasteiger partial charge in [0.2, 0.25) is 5.91 Å². The van der Waals surface area contributed by atoms with E-state index in [1.807, 2.05) is 6.92 Å². The number of carboxylic acid groups (broad SMARTS) is 2. The molecular weight excluding hydrogens is 654 g/mol. The normalized spacial score (nSPS) is 11.4. The summed E-state index contributed by atoms with van der Waals surface area (Å²) in [4.78, 5) is 55.4. The van der Waals surface area contributed by atoms with Crippen LogP contribution < -0.4 is 5.32 Å². The highest BCUT2D eigenvalue weighted by atomic mass is 16.5. The van der Waals surface area contributed by atoms with Gasteiger partial charge in [0, 0.05) is 58.5 Å². The number of ether oxygens (including phenoxy) is 3. The second kappa shape index (κ2) is 42.0. The predicted molar refractivity (Wildman–Crippen MR) is 202 cm³/mol. The molecule has 300 valence electrons. The molecule has 1 unspecified atom stereocenters. The number of unbranched alkanes of at least 4 members (excludes halogenated alkanes) is 17. The Labute approximate surface area is 309 Å². The standard InChI is InChI=1S/C39H73NO8.CH2O2/c1-35(37(42)26-18-13-11-9-7-5-3-4-6-8-10-12-14-19-28-39(44)45)24-23-27-38(43)40-29-20-16-22-31-48-34-36(41)25-17-15-21-30-47-33-32-46-2;2-1-3/h35H,3-34H2,1-2H3,(H,40,43)(H,44,45);1H,(H,2,3). The Bertz CT molecular complexity index is 823. The van der Waals surface area contributed by atoms with Crippen LogP contribution in [0.15, 0.2) is 0 Å². The zero-order chi connectivity index (χ0) is 38.0. The van der Waals surface area contributed by atoms with E-state index in [1.54, 1.807) is 7.11 Å². The average Bonchev–Trinajstić information content (AvgIpc) is 3.10. The van der Waals surface area contributed by atoms with Crippen LogP contribution in [0, 0.1) is 5.92 Å². The van der Waals surface area contributed by atoms with Crippen LogP contribution in [0.2, 0.25) is 0 Å². The van der Waals surface area contributed by atoms with Crippen LogP contribution >= 0.6 is 0 Å². The van der Waals surface area contributed by atoms with E-state index in [1.165, 1.54) is 57.8 Å². The van der Waals surface area contributed by atoms with Crippen LogP contribution in [0.4, 0.5) is 0 Å². The Morgan fingerprint density at radius 3 is 1.61 bits per heavy atom. The van der Waals surface area contributed by atoms with Crippen molar-refractivity contribution in [3.8, 4) is 0 Å². The Hall–Kier alpha value is -2.37. The van der Waals surface area contributed by atoms with Gasteiger partial charge in [0.25, 0.3) is 6.47 Å². The van der Waals surface area contributed by atoms with Crippen molar-refractivity contribution in [2.75, 3.05) is 46.7 Å². The molecule has 0 radical (unpaired) electrons. The molecule has 0 heterocycles. The summed E-state index contributed by atoms with van der Waals surface area (Å²) in [5, 5.41) is 18.5. The fraction of sp³-hybridized carbons (Fsp3) is 0.875. The van der Waals surface area contributed by atoms with Crippen LogP contribution in [0.5, 0.6) is 0 Å². The van der Waals surface area contributed by atoms with Crippen molar-refractivity contribution in [2.45, 2.75) is 174 Å². The van der Waals surface area contributed by atoms with E-state index < -0.39 is 5.97 Å². The summed E-state index contributed by atoms with van der Waals surface area (Å²) in [5.74, 6) is -0.111. The maximum Gasteiger partial charge on any atom is 0.303 e. The quantitative estimate of drug-likeness (QED) is 0.0413. The first-order valence-electron chi connectivity index (χ1n) is 20.0. The molecule has 51 heavy (non-hydrogen) atoms. The molecule has 0 saturated carbocycles. The molecule has 0 aliphatic heterocycles. The molecule has 0 aliphatic rings. The van der Waals surface area contributed by atoms with Gasteiger partial charge in [-0.3, -0.25) is 24.0 Å². The molecule has 0 bridgehead atoms. The van der Waals surface area contributed by atoms with Crippen LogP contribution in [0.25, 0.3) is 0 Å². The van der Waals surface area contributed by atoms with Crippen LogP contribution in [-0.4, -0.2) is 86.8 Å². The summed E-state index contributed by atoms with van der Waals surface area (Å²) in [6.07, 6.45) is 25.6. The SMILES string of the molecule is COCCOCCCCCC(=O)COCCCCCNC(=O)CCCC(C)C(=O)CCCCCCCCCCCCCCCCC(=O)O.O=CO. The summed E-state index contributed by atoms with van der Waals surface area (Å²) in [7, 11) is 1.66. The second-order valence-corrected chi connectivity index (χ2v) is 13.6. The number of carbonyl (C=O) groups excluding carboxylic acids is 3. The van der Waals surface area contributed by atoms with Crippen molar-refractivity contribution in [1.82, 2.24) is 5.32 Å². The summed E-state index contributed by atoms with van der Waals surface area (Å²) in [6, 6.07) is 0. The molecule has 0 fully saturated rings. The first-order valence-corrected chi connectivity index (χ1v) is 20.0. The lowest BCUT2D eigenvalue weighted by atomic mass is 9.95. The molecule has 11 nitrogen and oxygen atoms in total. The maximum absolute atomic E-state index is 12.5. The number of rotatable bonds is 39. The largest absolute Gasteiger partial charge is 0.483 e. The van der Waals surface area contributed by atoms with Crippen molar-refractivity contribution >= 4 is 29.9 Å². The number of ketones is 2. The molecule has 0 saturated heterocycles. The third-order valence-corrected chi connectivity index (χ3v) is 8.88. The minimum absolute atomic E-state index is 0.0280. The highest BCUT2D eigenvalue weighted by molar-refractivity contribution is 5.81. The number of Topliss-reactive ketones (excluding diaryl/α,β-unsaturated/α-hetero) is 2. The van der Waals surface area contributed by atoms with Crippen molar-refractivity contribution in [3.63, 3.8) is 0 Å². The monoisotopic (exact) mass is 730 g/mol. The average molecular weight is 730 g/mol. The molecule has 0 rings (SSSR count). The zero-order valence-electron chi connectivity index (χ0n) is 32.4. The number of hydrogen-bond donors (Lipinski definition) is 3. The molecule has 11 heteroatoms. The molecule has 3 N–H and O–H groups in total.